The maximum Gasteiger partial charge on any atom is 0.163 e. The second-order valence-electron chi connectivity index (χ2n) is 5.09. The molecule has 1 atom stereocenters. The largest absolute Gasteiger partial charge is 0.294 e. The fraction of sp³-hybridized carbons (Fsp3) is 0.533. The molecule has 86 valence electrons. The summed E-state index contributed by atoms with van der Waals surface area (Å²) in [5, 5.41) is 0. The highest BCUT2D eigenvalue weighted by Crippen LogP contribution is 2.52. The first-order valence-corrected chi connectivity index (χ1v) is 6.19. The fourth-order valence-corrected chi connectivity index (χ4v) is 3.31. The van der Waals surface area contributed by atoms with E-state index >= 15 is 0 Å². The molecule has 2 aliphatic rings. The number of ketones is 1. The smallest absolute Gasteiger partial charge is 0.163 e. The average Bonchev–Trinajstić information content (AvgIpc) is 2.67. The zero-order valence-electron chi connectivity index (χ0n) is 10.0. The summed E-state index contributed by atoms with van der Waals surface area (Å²) in [7, 11) is 0. The lowest BCUT2D eigenvalue weighted by Gasteiger charge is -2.41. The molecule has 0 saturated heterocycles. The Labute approximate surface area is 97.9 Å². The second kappa shape index (κ2) is 4.40. The second-order valence-corrected chi connectivity index (χ2v) is 5.09. The molecule has 2 rings (SSSR count). The van der Waals surface area contributed by atoms with Crippen LogP contribution in [-0.4, -0.2) is 5.78 Å². The van der Waals surface area contributed by atoms with Gasteiger partial charge in [-0.3, -0.25) is 4.79 Å². The summed E-state index contributed by atoms with van der Waals surface area (Å²) >= 11 is 0. The van der Waals surface area contributed by atoms with Crippen molar-refractivity contribution in [2.45, 2.75) is 39.0 Å². The molecule has 2 aliphatic carbocycles. The van der Waals surface area contributed by atoms with E-state index in [0.717, 1.165) is 24.8 Å². The third-order valence-electron chi connectivity index (χ3n) is 4.02. The van der Waals surface area contributed by atoms with E-state index in [0.29, 0.717) is 0 Å². The number of carbonyl (C=O) groups is 1. The third-order valence-corrected chi connectivity index (χ3v) is 4.02. The highest BCUT2D eigenvalue weighted by atomic mass is 16.1. The molecule has 0 aromatic carbocycles. The zero-order chi connectivity index (χ0) is 11.6. The van der Waals surface area contributed by atoms with Gasteiger partial charge in [0.1, 0.15) is 0 Å². The van der Waals surface area contributed by atoms with Gasteiger partial charge in [-0.05, 0) is 50.5 Å². The van der Waals surface area contributed by atoms with Crippen LogP contribution in [-0.2, 0) is 4.79 Å². The summed E-state index contributed by atoms with van der Waals surface area (Å²) in [4.78, 5) is 12.2. The van der Waals surface area contributed by atoms with E-state index < -0.39 is 0 Å². The Morgan fingerprint density at radius 3 is 2.81 bits per heavy atom. The van der Waals surface area contributed by atoms with Crippen LogP contribution in [0.15, 0.2) is 36.5 Å². The Morgan fingerprint density at radius 1 is 1.50 bits per heavy atom. The van der Waals surface area contributed by atoms with Crippen molar-refractivity contribution in [3.05, 3.63) is 36.5 Å². The summed E-state index contributed by atoms with van der Waals surface area (Å²) in [5.41, 5.74) is 1.32. The number of carbonyl (C=O) groups excluding carboxylic acids is 1. The predicted octanol–water partition coefficient (Wildman–Crippen LogP) is 3.82. The molecule has 1 heteroatoms. The van der Waals surface area contributed by atoms with Crippen molar-refractivity contribution in [2.75, 3.05) is 0 Å². The minimum absolute atomic E-state index is 0.0625. The number of rotatable bonds is 2. The van der Waals surface area contributed by atoms with Crippen molar-refractivity contribution >= 4 is 5.78 Å². The normalized spacial score (nSPS) is 28.1. The highest BCUT2D eigenvalue weighted by molar-refractivity contribution is 5.94. The first-order valence-electron chi connectivity index (χ1n) is 6.19. The van der Waals surface area contributed by atoms with Crippen molar-refractivity contribution in [2.24, 2.45) is 11.3 Å². The van der Waals surface area contributed by atoms with Crippen molar-refractivity contribution in [1.29, 1.82) is 0 Å². The molecule has 0 radical (unpaired) electrons. The van der Waals surface area contributed by atoms with E-state index in [-0.39, 0.29) is 17.1 Å². The van der Waals surface area contributed by atoms with Crippen LogP contribution >= 0.6 is 0 Å². The van der Waals surface area contributed by atoms with Crippen LogP contribution in [0.3, 0.4) is 0 Å². The van der Waals surface area contributed by atoms with Gasteiger partial charge >= 0.3 is 0 Å². The van der Waals surface area contributed by atoms with E-state index in [2.05, 4.69) is 18.7 Å². The van der Waals surface area contributed by atoms with Crippen molar-refractivity contribution < 1.29 is 4.79 Å². The summed E-state index contributed by atoms with van der Waals surface area (Å²) in [6, 6.07) is 0. The van der Waals surface area contributed by atoms with Gasteiger partial charge < -0.3 is 0 Å². The number of hydrogen-bond donors (Lipinski definition) is 0. The number of hydrogen-bond acceptors (Lipinski definition) is 1. The van der Waals surface area contributed by atoms with E-state index in [1.807, 2.05) is 13.0 Å². The molecule has 0 heterocycles. The lowest BCUT2D eigenvalue weighted by molar-refractivity contribution is -0.121. The van der Waals surface area contributed by atoms with Crippen LogP contribution in [0.4, 0.5) is 0 Å². The molecule has 0 bridgehead atoms. The Bertz CT molecular complexity index is 352. The SMILES string of the molecule is C=C1CCCC2(CC=CC2)C1C(=O)C=CC. The molecular formula is C15H20O. The van der Waals surface area contributed by atoms with Gasteiger partial charge in [0.05, 0.1) is 0 Å². The summed E-state index contributed by atoms with van der Waals surface area (Å²) < 4.78 is 0. The van der Waals surface area contributed by atoms with Crippen molar-refractivity contribution in [3.63, 3.8) is 0 Å². The first kappa shape index (κ1) is 11.4. The fourth-order valence-electron chi connectivity index (χ4n) is 3.31. The van der Waals surface area contributed by atoms with E-state index in [1.165, 1.54) is 12.8 Å². The standard InChI is InChI=1S/C15H20O/c1-3-7-13(16)14-12(2)8-6-11-15(14)9-4-5-10-15/h3-5,7,14H,2,6,8-11H2,1H3. The molecule has 1 nitrogen and oxygen atoms in total. The molecule has 0 amide bonds. The van der Waals surface area contributed by atoms with Gasteiger partial charge in [0.25, 0.3) is 0 Å². The molecule has 1 spiro atoms. The third kappa shape index (κ3) is 1.79. The summed E-state index contributed by atoms with van der Waals surface area (Å²) in [6.07, 6.45) is 13.5. The molecule has 0 N–H and O–H groups in total. The highest BCUT2D eigenvalue weighted by Gasteiger charge is 2.45. The van der Waals surface area contributed by atoms with Crippen LogP contribution in [0.5, 0.6) is 0 Å². The van der Waals surface area contributed by atoms with Gasteiger partial charge in [0, 0.05) is 5.92 Å². The van der Waals surface area contributed by atoms with Crippen molar-refractivity contribution in [1.82, 2.24) is 0 Å². The van der Waals surface area contributed by atoms with Gasteiger partial charge in [-0.2, -0.15) is 0 Å². The Kier molecular flexibility index (Phi) is 3.13. The van der Waals surface area contributed by atoms with Gasteiger partial charge in [0.2, 0.25) is 0 Å². The lowest BCUT2D eigenvalue weighted by Crippen LogP contribution is -2.37. The van der Waals surface area contributed by atoms with Crippen molar-refractivity contribution in [3.8, 4) is 0 Å². The predicted molar refractivity (Wildman–Crippen MR) is 67.1 cm³/mol. The van der Waals surface area contributed by atoms with Crippen LogP contribution in [0, 0.1) is 11.3 Å². The maximum atomic E-state index is 12.2. The molecule has 0 aromatic rings. The molecule has 0 aliphatic heterocycles. The van der Waals surface area contributed by atoms with Gasteiger partial charge in [-0.15, -0.1) is 0 Å². The maximum absolute atomic E-state index is 12.2. The minimum atomic E-state index is 0.0625. The van der Waals surface area contributed by atoms with Crippen LogP contribution in [0.2, 0.25) is 0 Å². The van der Waals surface area contributed by atoms with Gasteiger partial charge in [0.15, 0.2) is 5.78 Å². The quantitative estimate of drug-likeness (QED) is 0.506. The molecule has 1 fully saturated rings. The monoisotopic (exact) mass is 216 g/mol. The van der Waals surface area contributed by atoms with E-state index in [1.54, 1.807) is 6.08 Å². The summed E-state index contributed by atoms with van der Waals surface area (Å²) in [5.74, 6) is 0.323. The Balaban J connectivity index is 2.28. The van der Waals surface area contributed by atoms with E-state index in [9.17, 15) is 4.79 Å². The topological polar surface area (TPSA) is 17.1 Å². The van der Waals surface area contributed by atoms with Crippen LogP contribution in [0.1, 0.15) is 39.0 Å². The zero-order valence-corrected chi connectivity index (χ0v) is 10.0. The minimum Gasteiger partial charge on any atom is -0.294 e. The molecule has 1 unspecified atom stereocenters. The molecular weight excluding hydrogens is 196 g/mol. The first-order chi connectivity index (χ1) is 7.69. The van der Waals surface area contributed by atoms with Gasteiger partial charge in [-0.1, -0.05) is 30.4 Å². The van der Waals surface area contributed by atoms with Crippen LogP contribution in [0.25, 0.3) is 0 Å². The Morgan fingerprint density at radius 2 is 2.19 bits per heavy atom. The summed E-state index contributed by atoms with van der Waals surface area (Å²) in [6.45, 7) is 6.04. The van der Waals surface area contributed by atoms with E-state index in [4.69, 9.17) is 0 Å². The average molecular weight is 216 g/mol. The Hall–Kier alpha value is -1.11. The molecule has 1 saturated carbocycles. The number of allylic oxidation sites excluding steroid dienone is 5. The van der Waals surface area contributed by atoms with Gasteiger partial charge in [-0.25, -0.2) is 0 Å². The van der Waals surface area contributed by atoms with Crippen LogP contribution < -0.4 is 0 Å². The molecule has 0 aromatic heterocycles. The molecule has 16 heavy (non-hydrogen) atoms. The lowest BCUT2D eigenvalue weighted by atomic mass is 9.61.